The summed E-state index contributed by atoms with van der Waals surface area (Å²) in [6, 6.07) is 0. The van der Waals surface area contributed by atoms with Crippen LogP contribution in [-0.2, 0) is 0 Å². The Labute approximate surface area is 113 Å². The lowest BCUT2D eigenvalue weighted by Crippen LogP contribution is -2.55. The lowest BCUT2D eigenvalue weighted by Gasteiger charge is -2.45. The molecule has 0 aliphatic heterocycles. The molecule has 0 aromatic rings. The van der Waals surface area contributed by atoms with Crippen LogP contribution in [0.15, 0.2) is 0 Å². The molecule has 0 amide bonds. The van der Waals surface area contributed by atoms with E-state index in [1.807, 2.05) is 0 Å². The second kappa shape index (κ2) is 6.88. The molecular weight excluding hydrogens is 224 g/mol. The predicted octanol–water partition coefficient (Wildman–Crippen LogP) is 2.25. The first-order chi connectivity index (χ1) is 8.47. The number of hydrogen-bond acceptors (Lipinski definition) is 3. The van der Waals surface area contributed by atoms with Crippen LogP contribution in [0.25, 0.3) is 0 Å². The molecule has 1 aliphatic rings. The minimum atomic E-state index is -0.0328. The summed E-state index contributed by atoms with van der Waals surface area (Å²) >= 11 is 0. The molecule has 0 bridgehead atoms. The first kappa shape index (κ1) is 15.9. The van der Waals surface area contributed by atoms with Gasteiger partial charge in [-0.3, -0.25) is 0 Å². The van der Waals surface area contributed by atoms with Crippen LogP contribution in [0.1, 0.15) is 53.4 Å². The molecule has 3 nitrogen and oxygen atoms in total. The van der Waals surface area contributed by atoms with Gasteiger partial charge in [-0.05, 0) is 37.8 Å². The van der Waals surface area contributed by atoms with Crippen LogP contribution in [0.2, 0.25) is 0 Å². The van der Waals surface area contributed by atoms with Gasteiger partial charge in [0.2, 0.25) is 0 Å². The van der Waals surface area contributed by atoms with E-state index in [0.717, 1.165) is 39.0 Å². The highest BCUT2D eigenvalue weighted by Gasteiger charge is 2.39. The van der Waals surface area contributed by atoms with Crippen molar-refractivity contribution < 1.29 is 5.11 Å². The van der Waals surface area contributed by atoms with Gasteiger partial charge in [-0.25, -0.2) is 0 Å². The Kier molecular flexibility index (Phi) is 6.09. The molecular formula is C15H32N2O. The third-order valence-corrected chi connectivity index (χ3v) is 4.45. The van der Waals surface area contributed by atoms with E-state index in [4.69, 9.17) is 0 Å². The van der Waals surface area contributed by atoms with Gasteiger partial charge in [0.15, 0.2) is 0 Å². The molecule has 1 atom stereocenters. The van der Waals surface area contributed by atoms with Crippen molar-refractivity contribution in [2.24, 2.45) is 5.41 Å². The average Bonchev–Trinajstić information content (AvgIpc) is 2.33. The minimum absolute atomic E-state index is 0.0328. The third kappa shape index (κ3) is 4.52. The Balaban J connectivity index is 2.45. The summed E-state index contributed by atoms with van der Waals surface area (Å²) in [6.07, 6.45) is 4.72. The van der Waals surface area contributed by atoms with Gasteiger partial charge >= 0.3 is 0 Å². The summed E-state index contributed by atoms with van der Waals surface area (Å²) in [6.45, 7) is 13.6. The van der Waals surface area contributed by atoms with E-state index in [1.54, 1.807) is 0 Å². The number of aliphatic hydroxyl groups is 1. The number of likely N-dealkylation sites (N-methyl/N-ethyl adjacent to an activating group) is 1. The van der Waals surface area contributed by atoms with Gasteiger partial charge in [0.25, 0.3) is 0 Å². The van der Waals surface area contributed by atoms with Crippen molar-refractivity contribution in [2.75, 3.05) is 32.8 Å². The zero-order chi connectivity index (χ0) is 13.6. The molecule has 3 heteroatoms. The van der Waals surface area contributed by atoms with E-state index < -0.39 is 0 Å². The Morgan fingerprint density at radius 2 is 1.83 bits per heavy atom. The summed E-state index contributed by atoms with van der Waals surface area (Å²) in [7, 11) is 0. The quantitative estimate of drug-likeness (QED) is 0.733. The second-order valence-electron chi connectivity index (χ2n) is 6.59. The van der Waals surface area contributed by atoms with Gasteiger partial charge in [0.05, 0.1) is 6.61 Å². The summed E-state index contributed by atoms with van der Waals surface area (Å²) in [4.78, 5) is 2.42. The van der Waals surface area contributed by atoms with Crippen LogP contribution in [0.4, 0.5) is 0 Å². The molecule has 1 saturated carbocycles. The lowest BCUT2D eigenvalue weighted by atomic mass is 9.68. The highest BCUT2D eigenvalue weighted by Crippen LogP contribution is 2.40. The lowest BCUT2D eigenvalue weighted by molar-refractivity contribution is 0.0607. The molecule has 1 aliphatic carbocycles. The maximum Gasteiger partial charge on any atom is 0.0613 e. The van der Waals surface area contributed by atoms with E-state index in [-0.39, 0.29) is 12.1 Å². The molecule has 0 spiro atoms. The van der Waals surface area contributed by atoms with Crippen LogP contribution in [0, 0.1) is 5.41 Å². The van der Waals surface area contributed by atoms with Crippen LogP contribution in [0.3, 0.4) is 0 Å². The van der Waals surface area contributed by atoms with Gasteiger partial charge in [-0.15, -0.1) is 0 Å². The monoisotopic (exact) mass is 256 g/mol. The maximum atomic E-state index is 9.78. The van der Waals surface area contributed by atoms with Crippen LogP contribution in [-0.4, -0.2) is 48.3 Å². The van der Waals surface area contributed by atoms with Gasteiger partial charge in [0.1, 0.15) is 0 Å². The first-order valence-corrected chi connectivity index (χ1v) is 7.55. The van der Waals surface area contributed by atoms with Crippen molar-refractivity contribution in [2.45, 2.75) is 58.9 Å². The average molecular weight is 256 g/mol. The summed E-state index contributed by atoms with van der Waals surface area (Å²) in [5.74, 6) is 0. The molecule has 0 saturated heterocycles. The van der Waals surface area contributed by atoms with Crippen LogP contribution >= 0.6 is 0 Å². The number of hydrogen-bond donors (Lipinski definition) is 2. The van der Waals surface area contributed by atoms with E-state index in [2.05, 4.69) is 37.9 Å². The second-order valence-corrected chi connectivity index (χ2v) is 6.59. The molecule has 0 aromatic carbocycles. The molecule has 0 aromatic heterocycles. The Bertz CT molecular complexity index is 239. The number of nitrogens with zero attached hydrogens (tertiary/aromatic N) is 1. The summed E-state index contributed by atoms with van der Waals surface area (Å²) < 4.78 is 0. The molecule has 18 heavy (non-hydrogen) atoms. The predicted molar refractivity (Wildman–Crippen MR) is 77.9 cm³/mol. The van der Waals surface area contributed by atoms with Gasteiger partial charge in [-0.2, -0.15) is 0 Å². The van der Waals surface area contributed by atoms with Crippen LogP contribution < -0.4 is 5.32 Å². The van der Waals surface area contributed by atoms with E-state index in [1.165, 1.54) is 12.8 Å². The van der Waals surface area contributed by atoms with Gasteiger partial charge in [0, 0.05) is 18.6 Å². The first-order valence-electron chi connectivity index (χ1n) is 7.55. The molecule has 1 rings (SSSR count). The Morgan fingerprint density at radius 1 is 1.17 bits per heavy atom. The van der Waals surface area contributed by atoms with E-state index in [9.17, 15) is 5.11 Å². The van der Waals surface area contributed by atoms with Crippen molar-refractivity contribution in [3.63, 3.8) is 0 Å². The molecule has 1 fully saturated rings. The van der Waals surface area contributed by atoms with Gasteiger partial charge < -0.3 is 15.3 Å². The van der Waals surface area contributed by atoms with Crippen molar-refractivity contribution in [1.29, 1.82) is 0 Å². The van der Waals surface area contributed by atoms with Crippen molar-refractivity contribution in [3.05, 3.63) is 0 Å². The van der Waals surface area contributed by atoms with E-state index >= 15 is 0 Å². The zero-order valence-corrected chi connectivity index (χ0v) is 12.8. The van der Waals surface area contributed by atoms with E-state index in [0.29, 0.717) is 5.41 Å². The zero-order valence-electron chi connectivity index (χ0n) is 12.8. The molecule has 108 valence electrons. The third-order valence-electron chi connectivity index (χ3n) is 4.45. The Morgan fingerprint density at radius 3 is 2.33 bits per heavy atom. The summed E-state index contributed by atoms with van der Waals surface area (Å²) in [5.41, 5.74) is 0.331. The minimum Gasteiger partial charge on any atom is -0.394 e. The van der Waals surface area contributed by atoms with Crippen molar-refractivity contribution >= 4 is 0 Å². The number of rotatable bonds is 7. The maximum absolute atomic E-state index is 9.78. The number of aliphatic hydroxyl groups excluding tert-OH is 1. The number of nitrogens with one attached hydrogen (secondary N) is 1. The van der Waals surface area contributed by atoms with Gasteiger partial charge in [-0.1, -0.05) is 34.1 Å². The topological polar surface area (TPSA) is 35.5 Å². The molecule has 0 radical (unpaired) electrons. The highest BCUT2D eigenvalue weighted by atomic mass is 16.3. The van der Waals surface area contributed by atoms with Crippen LogP contribution in [0.5, 0.6) is 0 Å². The molecule has 2 N–H and O–H groups in total. The largest absolute Gasteiger partial charge is 0.394 e. The highest BCUT2D eigenvalue weighted by molar-refractivity contribution is 4.96. The fourth-order valence-electron chi connectivity index (χ4n) is 3.36. The SMILES string of the molecule is CCN(CC)CCNC1(CO)CCCC(C)(C)C1. The standard InChI is InChI=1S/C15H32N2O/c1-5-17(6-2)11-10-16-15(13-18)9-7-8-14(3,4)12-15/h16,18H,5-13H2,1-4H3. The summed E-state index contributed by atoms with van der Waals surface area (Å²) in [5, 5.41) is 13.4. The fraction of sp³-hybridized carbons (Fsp3) is 1.00. The fourth-order valence-corrected chi connectivity index (χ4v) is 3.36. The molecule has 1 unspecified atom stereocenters. The Hall–Kier alpha value is -0.120. The molecule has 0 heterocycles. The normalized spacial score (nSPS) is 27.7. The van der Waals surface area contributed by atoms with Crippen molar-refractivity contribution in [1.82, 2.24) is 10.2 Å². The smallest absolute Gasteiger partial charge is 0.0613 e. The van der Waals surface area contributed by atoms with Crippen molar-refractivity contribution in [3.8, 4) is 0 Å².